The van der Waals surface area contributed by atoms with E-state index >= 15 is 0 Å². The van der Waals surface area contributed by atoms with Crippen LogP contribution in [-0.4, -0.2) is 23.6 Å². The van der Waals surface area contributed by atoms with Gasteiger partial charge in [0.15, 0.2) is 0 Å². The van der Waals surface area contributed by atoms with Gasteiger partial charge in [-0.3, -0.25) is 4.79 Å². The Morgan fingerprint density at radius 3 is 3.00 bits per heavy atom. The molecule has 1 saturated heterocycles. The maximum absolute atomic E-state index is 12.4. The van der Waals surface area contributed by atoms with E-state index in [2.05, 4.69) is 5.32 Å². The largest absolute Gasteiger partial charge is 0.389 e. The number of rotatable bonds is 4. The highest BCUT2D eigenvalue weighted by atomic mass is 35.5. The highest BCUT2D eigenvalue weighted by Gasteiger charge is 2.33. The summed E-state index contributed by atoms with van der Waals surface area (Å²) < 4.78 is 5.54. The summed E-state index contributed by atoms with van der Waals surface area (Å²) in [6, 6.07) is 5.06. The van der Waals surface area contributed by atoms with Gasteiger partial charge in [0.25, 0.3) is 0 Å². The second kappa shape index (κ2) is 6.52. The quantitative estimate of drug-likeness (QED) is 0.839. The standard InChI is InChI=1S/C14H17ClN2O2S/c1-2-12-10(5-6-19-12)14(18)17-11-7-8(15)3-4-9(11)13(16)20/h3-4,7,10,12H,2,5-6H2,1H3,(H2,16,20)(H,17,18). The maximum Gasteiger partial charge on any atom is 0.230 e. The van der Waals surface area contributed by atoms with Gasteiger partial charge in [0.2, 0.25) is 5.91 Å². The summed E-state index contributed by atoms with van der Waals surface area (Å²) in [6.45, 7) is 2.63. The monoisotopic (exact) mass is 312 g/mol. The third kappa shape index (κ3) is 3.29. The van der Waals surface area contributed by atoms with E-state index < -0.39 is 0 Å². The second-order valence-corrected chi connectivity index (χ2v) is 5.63. The topological polar surface area (TPSA) is 64.3 Å². The van der Waals surface area contributed by atoms with Crippen LogP contribution in [0.5, 0.6) is 0 Å². The number of anilines is 1. The minimum Gasteiger partial charge on any atom is -0.389 e. The SMILES string of the molecule is CCC1OCCC1C(=O)Nc1cc(Cl)ccc1C(N)=S. The van der Waals surface area contributed by atoms with Crippen molar-refractivity contribution in [2.24, 2.45) is 11.7 Å². The number of nitrogens with two attached hydrogens (primary N) is 1. The van der Waals surface area contributed by atoms with Gasteiger partial charge in [0.1, 0.15) is 4.99 Å². The van der Waals surface area contributed by atoms with Crippen LogP contribution >= 0.6 is 23.8 Å². The second-order valence-electron chi connectivity index (χ2n) is 4.76. The van der Waals surface area contributed by atoms with E-state index in [1.54, 1.807) is 18.2 Å². The molecule has 1 heterocycles. The molecule has 1 aliphatic rings. The van der Waals surface area contributed by atoms with Crippen LogP contribution in [0.25, 0.3) is 0 Å². The summed E-state index contributed by atoms with van der Waals surface area (Å²) in [5.74, 6) is -0.215. The summed E-state index contributed by atoms with van der Waals surface area (Å²) in [5.41, 5.74) is 6.83. The lowest BCUT2D eigenvalue weighted by atomic mass is 9.98. The Hall–Kier alpha value is -1.17. The summed E-state index contributed by atoms with van der Waals surface area (Å²) >= 11 is 10.9. The van der Waals surface area contributed by atoms with Crippen LogP contribution in [0, 0.1) is 5.92 Å². The van der Waals surface area contributed by atoms with Crippen LogP contribution in [0.2, 0.25) is 5.02 Å². The molecule has 1 aliphatic heterocycles. The van der Waals surface area contributed by atoms with E-state index in [0.717, 1.165) is 12.8 Å². The first-order valence-corrected chi connectivity index (χ1v) is 7.33. The summed E-state index contributed by atoms with van der Waals surface area (Å²) in [5, 5.41) is 3.39. The van der Waals surface area contributed by atoms with Gasteiger partial charge >= 0.3 is 0 Å². The fourth-order valence-electron chi connectivity index (χ4n) is 2.41. The third-order valence-electron chi connectivity index (χ3n) is 3.45. The lowest BCUT2D eigenvalue weighted by molar-refractivity contribution is -0.121. The minimum absolute atomic E-state index is 0.0255. The first kappa shape index (κ1) is 15.2. The Bertz CT molecular complexity index is 536. The predicted molar refractivity (Wildman–Crippen MR) is 84.1 cm³/mol. The van der Waals surface area contributed by atoms with Gasteiger partial charge in [-0.25, -0.2) is 0 Å². The molecule has 2 atom stereocenters. The number of nitrogens with one attached hydrogen (secondary N) is 1. The van der Waals surface area contributed by atoms with Crippen molar-refractivity contribution < 1.29 is 9.53 Å². The lowest BCUT2D eigenvalue weighted by Crippen LogP contribution is -2.30. The third-order valence-corrected chi connectivity index (χ3v) is 3.91. The highest BCUT2D eigenvalue weighted by molar-refractivity contribution is 7.80. The zero-order valence-corrected chi connectivity index (χ0v) is 12.8. The van der Waals surface area contributed by atoms with Gasteiger partial charge < -0.3 is 15.8 Å². The summed E-state index contributed by atoms with van der Waals surface area (Å²) in [7, 11) is 0. The molecule has 0 radical (unpaired) electrons. The average molecular weight is 313 g/mol. The van der Waals surface area contributed by atoms with E-state index in [1.807, 2.05) is 6.92 Å². The number of carbonyl (C=O) groups is 1. The average Bonchev–Trinajstić information content (AvgIpc) is 2.86. The molecule has 108 valence electrons. The van der Waals surface area contributed by atoms with Crippen molar-refractivity contribution in [1.29, 1.82) is 0 Å². The number of carbonyl (C=O) groups excluding carboxylic acids is 1. The number of hydrogen-bond acceptors (Lipinski definition) is 3. The normalized spacial score (nSPS) is 21.7. The Kier molecular flexibility index (Phi) is 4.96. The van der Waals surface area contributed by atoms with E-state index in [4.69, 9.17) is 34.3 Å². The molecule has 0 spiro atoms. The fraction of sp³-hybridized carbons (Fsp3) is 0.429. The number of halogens is 1. The van der Waals surface area contributed by atoms with Crippen molar-refractivity contribution in [3.05, 3.63) is 28.8 Å². The van der Waals surface area contributed by atoms with Crippen LogP contribution in [0.4, 0.5) is 5.69 Å². The summed E-state index contributed by atoms with van der Waals surface area (Å²) in [6.07, 6.45) is 1.52. The molecule has 0 bridgehead atoms. The number of ether oxygens (including phenoxy) is 1. The van der Waals surface area contributed by atoms with Crippen molar-refractivity contribution in [1.82, 2.24) is 0 Å². The van der Waals surface area contributed by atoms with E-state index in [1.165, 1.54) is 0 Å². The van der Waals surface area contributed by atoms with Crippen LogP contribution in [-0.2, 0) is 9.53 Å². The Morgan fingerprint density at radius 2 is 2.35 bits per heavy atom. The van der Waals surface area contributed by atoms with Gasteiger partial charge in [-0.1, -0.05) is 30.7 Å². The van der Waals surface area contributed by atoms with Crippen LogP contribution < -0.4 is 11.1 Å². The molecular formula is C14H17ClN2O2S. The van der Waals surface area contributed by atoms with Gasteiger partial charge in [-0.2, -0.15) is 0 Å². The Morgan fingerprint density at radius 1 is 1.60 bits per heavy atom. The van der Waals surface area contributed by atoms with Crippen LogP contribution in [0.1, 0.15) is 25.3 Å². The van der Waals surface area contributed by atoms with E-state index in [0.29, 0.717) is 22.9 Å². The molecule has 0 saturated carbocycles. The lowest BCUT2D eigenvalue weighted by Gasteiger charge is -2.18. The van der Waals surface area contributed by atoms with Crippen molar-refractivity contribution in [2.45, 2.75) is 25.9 Å². The van der Waals surface area contributed by atoms with Crippen LogP contribution in [0.15, 0.2) is 18.2 Å². The van der Waals surface area contributed by atoms with Crippen molar-refractivity contribution >= 4 is 40.4 Å². The maximum atomic E-state index is 12.4. The van der Waals surface area contributed by atoms with E-state index in [-0.39, 0.29) is 22.9 Å². The molecule has 6 heteroatoms. The summed E-state index contributed by atoms with van der Waals surface area (Å²) in [4.78, 5) is 12.6. The number of hydrogen-bond donors (Lipinski definition) is 2. The fourth-order valence-corrected chi connectivity index (χ4v) is 2.76. The Balaban J connectivity index is 2.19. The first-order chi connectivity index (χ1) is 9.52. The number of amides is 1. The minimum atomic E-state index is -0.141. The van der Waals surface area contributed by atoms with Crippen molar-refractivity contribution in [3.8, 4) is 0 Å². The van der Waals surface area contributed by atoms with Gasteiger partial charge in [-0.15, -0.1) is 0 Å². The van der Waals surface area contributed by atoms with Gasteiger partial charge in [-0.05, 0) is 31.0 Å². The molecule has 0 aromatic heterocycles. The molecule has 4 nitrogen and oxygen atoms in total. The number of thiocarbonyl (C=S) groups is 1. The van der Waals surface area contributed by atoms with Crippen LogP contribution in [0.3, 0.4) is 0 Å². The van der Waals surface area contributed by atoms with Crippen molar-refractivity contribution in [2.75, 3.05) is 11.9 Å². The van der Waals surface area contributed by atoms with Gasteiger partial charge in [0.05, 0.1) is 17.7 Å². The molecule has 1 aromatic rings. The smallest absolute Gasteiger partial charge is 0.230 e. The van der Waals surface area contributed by atoms with Crippen molar-refractivity contribution in [3.63, 3.8) is 0 Å². The molecule has 3 N–H and O–H groups in total. The zero-order valence-electron chi connectivity index (χ0n) is 11.2. The molecule has 1 aromatic carbocycles. The Labute approximate surface area is 128 Å². The zero-order chi connectivity index (χ0) is 14.7. The van der Waals surface area contributed by atoms with E-state index in [9.17, 15) is 4.79 Å². The number of benzene rings is 1. The van der Waals surface area contributed by atoms with Gasteiger partial charge in [0, 0.05) is 17.2 Å². The molecule has 1 fully saturated rings. The molecule has 2 unspecified atom stereocenters. The molecule has 1 amide bonds. The highest BCUT2D eigenvalue weighted by Crippen LogP contribution is 2.27. The molecular weight excluding hydrogens is 296 g/mol. The molecule has 20 heavy (non-hydrogen) atoms. The predicted octanol–water partition coefficient (Wildman–Crippen LogP) is 2.73. The molecule has 2 rings (SSSR count). The first-order valence-electron chi connectivity index (χ1n) is 6.54. The molecule has 0 aliphatic carbocycles.